The van der Waals surface area contributed by atoms with Crippen LogP contribution in [0.3, 0.4) is 0 Å². The standard InChI is InChI=1S/C11H19ClO3.C10H18O4.2CHF3O3S.2CH4.2Ag.ClH.H2O/c1-4-8(2)11(14)15-7-5-6-10(13)9(3)12;1-7(2)10(13)14-6-4-5-9(12)8(3)11;2*2-1(3,4)8(5,6)7;;;;;;/h8-9H,4-7H2,1-3H3;7-8,11H,4-6H2,1-3H3;2*(H,5,6,7);2*1H4;;;1H;1H2/q;;;;;;;+1;;/p-1. The SMILES string of the molecule is C.C.CC(C)C(=O)OCCCC(=O)C(C)O.CCC(C)C(=O)OCCCC(=O)C(C)Cl.O.O=S(=O)(O)C(F)(F)F.O=S(=O)(O)C(F)(F)F.[Ag].[Cl][Ag]. The van der Waals surface area contributed by atoms with Gasteiger partial charge in [-0.05, 0) is 33.1 Å². The predicted octanol–water partition coefficient (Wildman–Crippen LogP) is 5.39. The van der Waals surface area contributed by atoms with Crippen LogP contribution in [0, 0.1) is 11.8 Å². The summed E-state index contributed by atoms with van der Waals surface area (Å²) in [6, 6.07) is 0. The van der Waals surface area contributed by atoms with Gasteiger partial charge in [-0.1, -0.05) is 42.5 Å². The van der Waals surface area contributed by atoms with Gasteiger partial charge in [-0.2, -0.15) is 43.2 Å². The second kappa shape index (κ2) is 36.6. The minimum absolute atomic E-state index is 0. The summed E-state index contributed by atoms with van der Waals surface area (Å²) in [5.74, 6) is -0.865. The first-order chi connectivity index (χ1) is 20.9. The fourth-order valence-electron chi connectivity index (χ4n) is 1.72. The Hall–Kier alpha value is -0.339. The first-order valence-corrected chi connectivity index (χ1v) is 18.1. The molecule has 0 aliphatic carbocycles. The van der Waals surface area contributed by atoms with Crippen LogP contribution in [-0.2, 0) is 91.3 Å². The van der Waals surface area contributed by atoms with E-state index in [-0.39, 0.29) is 91.1 Å². The van der Waals surface area contributed by atoms with E-state index in [1.807, 2.05) is 13.8 Å². The average Bonchev–Trinajstić information content (AvgIpc) is 2.92. The molecule has 0 heterocycles. The monoisotopic (exact) mass is 1030 g/mol. The fourth-order valence-corrected chi connectivity index (χ4v) is 1.83. The minimum atomic E-state index is -5.84. The third-order valence-electron chi connectivity index (χ3n) is 4.60. The van der Waals surface area contributed by atoms with Crippen LogP contribution in [0.5, 0.6) is 0 Å². The van der Waals surface area contributed by atoms with Crippen LogP contribution >= 0.6 is 20.8 Å². The molecule has 26 heteroatoms. The summed E-state index contributed by atoms with van der Waals surface area (Å²) in [6.07, 6.45) is 1.51. The quantitative estimate of drug-likeness (QED) is 0.0399. The average molecular weight is 1040 g/mol. The normalized spacial score (nSPS) is 12.2. The van der Waals surface area contributed by atoms with Crippen molar-refractivity contribution in [3.63, 3.8) is 0 Å². The van der Waals surface area contributed by atoms with Crippen molar-refractivity contribution in [1.29, 1.82) is 0 Å². The zero-order valence-corrected chi connectivity index (χ0v) is 32.7. The molecule has 0 aromatic heterocycles. The van der Waals surface area contributed by atoms with Gasteiger partial charge in [0.1, 0.15) is 6.10 Å². The first kappa shape index (κ1) is 72.0. The van der Waals surface area contributed by atoms with Gasteiger partial charge >= 0.3 is 72.4 Å². The van der Waals surface area contributed by atoms with Gasteiger partial charge < -0.3 is 20.1 Å². The van der Waals surface area contributed by atoms with Crippen LogP contribution in [0.2, 0.25) is 0 Å². The number of Topliss-reactive ketones (excluding diaryl/α,β-unsaturated/α-hetero) is 2. The van der Waals surface area contributed by atoms with Crippen molar-refractivity contribution in [2.45, 2.75) is 111 Å². The maximum absolute atomic E-state index is 11.2. The molecule has 0 aromatic rings. The summed E-state index contributed by atoms with van der Waals surface area (Å²) in [4.78, 5) is 44.2. The van der Waals surface area contributed by atoms with Crippen molar-refractivity contribution in [3.05, 3.63) is 0 Å². The van der Waals surface area contributed by atoms with E-state index in [4.69, 9.17) is 52.1 Å². The van der Waals surface area contributed by atoms with E-state index >= 15 is 0 Å². The second-order valence-electron chi connectivity index (χ2n) is 9.07. The van der Waals surface area contributed by atoms with Gasteiger partial charge in [0.2, 0.25) is 0 Å². The molecule has 0 saturated heterocycles. The molecule has 0 aromatic carbocycles. The number of aliphatic hydroxyl groups is 1. The van der Waals surface area contributed by atoms with E-state index in [2.05, 4.69) is 29.2 Å². The Morgan fingerprint density at radius 2 is 1.00 bits per heavy atom. The summed E-state index contributed by atoms with van der Waals surface area (Å²) < 4.78 is 125. The van der Waals surface area contributed by atoms with Gasteiger partial charge in [-0.25, -0.2) is 0 Å². The maximum atomic E-state index is 11.2. The molecule has 0 bridgehead atoms. The summed E-state index contributed by atoms with van der Waals surface area (Å²) >= 11 is 8.01. The molecule has 0 aliphatic rings. The van der Waals surface area contributed by atoms with Gasteiger partial charge in [0.25, 0.3) is 0 Å². The Bertz CT molecular complexity index is 1060. The molecule has 1 radical (unpaired) electrons. The van der Waals surface area contributed by atoms with Crippen LogP contribution in [0.15, 0.2) is 0 Å². The van der Waals surface area contributed by atoms with Crippen molar-refractivity contribution in [3.8, 4) is 0 Å². The summed E-state index contributed by atoms with van der Waals surface area (Å²) in [5, 5.41) is 8.41. The van der Waals surface area contributed by atoms with E-state index in [0.717, 1.165) is 6.42 Å². The number of ketones is 2. The fraction of sp³-hybridized carbons (Fsp3) is 0.840. The third-order valence-corrected chi connectivity index (χ3v) is 6.02. The number of aliphatic hydroxyl groups excluding tert-OH is 1. The van der Waals surface area contributed by atoms with E-state index in [1.165, 1.54) is 6.92 Å². The topological polar surface area (TPSA) is 247 Å². The zero-order valence-electron chi connectivity index (χ0n) is 26.6. The number of ether oxygens (including phenoxy) is 2. The molecule has 51 heavy (non-hydrogen) atoms. The Labute approximate surface area is 332 Å². The Morgan fingerprint density at radius 1 is 0.725 bits per heavy atom. The molecular formula is C25H49Ag2Cl2F6O14S2. The van der Waals surface area contributed by atoms with Crippen molar-refractivity contribution in [2.24, 2.45) is 11.8 Å². The van der Waals surface area contributed by atoms with Gasteiger partial charge in [0.05, 0.1) is 30.4 Å². The molecule has 0 spiro atoms. The number of hydrogen-bond acceptors (Lipinski definition) is 11. The number of carbonyl (C=O) groups is 4. The van der Waals surface area contributed by atoms with Crippen LogP contribution in [0.25, 0.3) is 0 Å². The van der Waals surface area contributed by atoms with E-state index in [9.17, 15) is 45.5 Å². The third kappa shape index (κ3) is 45.7. The van der Waals surface area contributed by atoms with Crippen LogP contribution in [-0.4, -0.2) is 95.7 Å². The zero-order chi connectivity index (χ0) is 39.0. The molecule has 0 aliphatic heterocycles. The van der Waals surface area contributed by atoms with Gasteiger partial charge in [0, 0.05) is 35.2 Å². The molecule has 0 fully saturated rings. The Kier molecular flexibility index (Phi) is 51.7. The van der Waals surface area contributed by atoms with Crippen LogP contribution in [0.1, 0.15) is 88.5 Å². The first-order valence-electron chi connectivity index (χ1n) is 12.8. The van der Waals surface area contributed by atoms with Gasteiger partial charge in [0.15, 0.2) is 11.6 Å². The molecule has 14 nitrogen and oxygen atoms in total. The molecule has 3 atom stereocenters. The van der Waals surface area contributed by atoms with E-state index in [1.54, 1.807) is 20.8 Å². The van der Waals surface area contributed by atoms with Gasteiger partial charge in [-0.3, -0.25) is 28.3 Å². The molecule has 0 rings (SSSR count). The van der Waals surface area contributed by atoms with E-state index < -0.39 is 42.7 Å². The van der Waals surface area contributed by atoms with Crippen molar-refractivity contribution >= 4 is 64.5 Å². The van der Waals surface area contributed by atoms with Crippen molar-refractivity contribution in [2.75, 3.05) is 13.2 Å². The number of rotatable bonds is 13. The Balaban J connectivity index is -0.0000000652. The van der Waals surface area contributed by atoms with Crippen molar-refractivity contribution in [1.82, 2.24) is 0 Å². The number of halogens is 8. The molecule has 0 saturated carbocycles. The molecule has 3 unspecified atom stereocenters. The number of alkyl halides is 7. The van der Waals surface area contributed by atoms with E-state index in [0.29, 0.717) is 25.9 Å². The second-order valence-corrected chi connectivity index (χ2v) is 12.6. The van der Waals surface area contributed by atoms with Crippen LogP contribution < -0.4 is 0 Å². The molecule has 5 N–H and O–H groups in total. The Morgan fingerprint density at radius 3 is 1.22 bits per heavy atom. The van der Waals surface area contributed by atoms with Gasteiger partial charge in [-0.15, -0.1) is 11.6 Å². The predicted molar refractivity (Wildman–Crippen MR) is 170 cm³/mol. The summed E-state index contributed by atoms with van der Waals surface area (Å²) in [7, 11) is -7.23. The number of hydrogen-bond donors (Lipinski definition) is 3. The van der Waals surface area contributed by atoms with Crippen molar-refractivity contribution < 1.29 is 134 Å². The molecule has 0 amide bonds. The molecule has 323 valence electrons. The summed E-state index contributed by atoms with van der Waals surface area (Å²) in [5.41, 5.74) is -11.1. The number of carbonyl (C=O) groups excluding carboxylic acids is 4. The van der Waals surface area contributed by atoms with Crippen LogP contribution in [0.4, 0.5) is 26.3 Å². The number of esters is 2. The summed E-state index contributed by atoms with van der Waals surface area (Å²) in [6.45, 7) is 10.9. The molecular weight excluding hydrogens is 989 g/mol.